The number of hydrogen-bond acceptors (Lipinski definition) is 6. The van der Waals surface area contributed by atoms with Crippen LogP contribution in [0, 0.1) is 18.3 Å². The van der Waals surface area contributed by atoms with Gasteiger partial charge in [0.15, 0.2) is 0 Å². The molecule has 0 saturated heterocycles. The quantitative estimate of drug-likeness (QED) is 0.721. The fraction of sp³-hybridized carbons (Fsp3) is 0.100. The topological polar surface area (TPSA) is 99.9 Å². The standard InChI is InChI=1S/C20H17N5O2/c1-13-22-18(20(26)25-17-6-4-3-5-14(17)12-21)11-19(23-13)24-15-7-9-16(27-2)10-8-15/h3-11H,1-2H3,(H,25,26)(H,22,23,24). The molecule has 0 atom stereocenters. The van der Waals surface area contributed by atoms with E-state index in [1.54, 1.807) is 44.4 Å². The van der Waals surface area contributed by atoms with E-state index < -0.39 is 5.91 Å². The van der Waals surface area contributed by atoms with Gasteiger partial charge in [0.05, 0.1) is 18.4 Å². The molecule has 0 fully saturated rings. The van der Waals surface area contributed by atoms with E-state index >= 15 is 0 Å². The number of hydrogen-bond donors (Lipinski definition) is 2. The Hall–Kier alpha value is -3.92. The lowest BCUT2D eigenvalue weighted by atomic mass is 10.2. The fourth-order valence-corrected chi connectivity index (χ4v) is 2.45. The van der Waals surface area contributed by atoms with Crippen LogP contribution in [0.25, 0.3) is 0 Å². The Bertz CT molecular complexity index is 1010. The molecule has 0 unspecified atom stereocenters. The molecule has 3 aromatic rings. The van der Waals surface area contributed by atoms with Crippen molar-refractivity contribution in [2.75, 3.05) is 17.7 Å². The first kappa shape index (κ1) is 17.9. The molecule has 0 bridgehead atoms. The van der Waals surface area contributed by atoms with E-state index in [-0.39, 0.29) is 5.69 Å². The van der Waals surface area contributed by atoms with E-state index in [1.807, 2.05) is 30.3 Å². The number of rotatable bonds is 5. The highest BCUT2D eigenvalue weighted by Crippen LogP contribution is 2.20. The van der Waals surface area contributed by atoms with Gasteiger partial charge >= 0.3 is 0 Å². The number of aromatic nitrogens is 2. The summed E-state index contributed by atoms with van der Waals surface area (Å²) in [5.74, 6) is 1.27. The van der Waals surface area contributed by atoms with Gasteiger partial charge in [-0.1, -0.05) is 12.1 Å². The second-order valence-electron chi connectivity index (χ2n) is 5.65. The molecule has 1 aromatic heterocycles. The molecule has 0 aliphatic heterocycles. The fourth-order valence-electron chi connectivity index (χ4n) is 2.45. The first-order valence-corrected chi connectivity index (χ1v) is 8.16. The van der Waals surface area contributed by atoms with Gasteiger partial charge in [0.2, 0.25) is 0 Å². The molecule has 1 amide bonds. The van der Waals surface area contributed by atoms with Crippen molar-refractivity contribution >= 4 is 23.1 Å². The average Bonchev–Trinajstić information content (AvgIpc) is 2.68. The third-order valence-corrected chi connectivity index (χ3v) is 3.73. The van der Waals surface area contributed by atoms with Gasteiger partial charge in [-0.3, -0.25) is 4.79 Å². The molecule has 2 aromatic carbocycles. The summed E-state index contributed by atoms with van der Waals surface area (Å²) < 4.78 is 5.14. The maximum Gasteiger partial charge on any atom is 0.274 e. The number of aryl methyl sites for hydroxylation is 1. The third-order valence-electron chi connectivity index (χ3n) is 3.73. The van der Waals surface area contributed by atoms with Gasteiger partial charge in [-0.2, -0.15) is 5.26 Å². The van der Waals surface area contributed by atoms with E-state index in [9.17, 15) is 4.79 Å². The second-order valence-corrected chi connectivity index (χ2v) is 5.65. The normalized spacial score (nSPS) is 9.96. The van der Waals surface area contributed by atoms with Crippen molar-refractivity contribution in [2.45, 2.75) is 6.92 Å². The van der Waals surface area contributed by atoms with Crippen molar-refractivity contribution in [1.29, 1.82) is 5.26 Å². The highest BCUT2D eigenvalue weighted by Gasteiger charge is 2.13. The Kier molecular flexibility index (Phi) is 5.28. The van der Waals surface area contributed by atoms with Gasteiger partial charge in [-0.15, -0.1) is 0 Å². The maximum absolute atomic E-state index is 12.6. The van der Waals surface area contributed by atoms with E-state index in [1.165, 1.54) is 0 Å². The van der Waals surface area contributed by atoms with Crippen molar-refractivity contribution in [1.82, 2.24) is 9.97 Å². The Balaban J connectivity index is 1.81. The van der Waals surface area contributed by atoms with E-state index in [0.717, 1.165) is 11.4 Å². The lowest BCUT2D eigenvalue weighted by Gasteiger charge is -2.10. The number of methoxy groups -OCH3 is 1. The molecule has 7 heteroatoms. The lowest BCUT2D eigenvalue weighted by molar-refractivity contribution is 0.102. The summed E-state index contributed by atoms with van der Waals surface area (Å²) in [6.45, 7) is 1.71. The van der Waals surface area contributed by atoms with Crippen LogP contribution in [-0.4, -0.2) is 23.0 Å². The molecule has 3 rings (SSSR count). The van der Waals surface area contributed by atoms with Gasteiger partial charge < -0.3 is 15.4 Å². The van der Waals surface area contributed by atoms with Crippen LogP contribution in [0.1, 0.15) is 21.9 Å². The smallest absolute Gasteiger partial charge is 0.274 e. The minimum atomic E-state index is -0.416. The number of benzene rings is 2. The van der Waals surface area contributed by atoms with Gasteiger partial charge in [-0.05, 0) is 43.3 Å². The zero-order chi connectivity index (χ0) is 19.2. The van der Waals surface area contributed by atoms with E-state index in [0.29, 0.717) is 22.9 Å². The molecule has 0 aliphatic carbocycles. The number of nitrogens with one attached hydrogen (secondary N) is 2. The summed E-state index contributed by atoms with van der Waals surface area (Å²) in [6.07, 6.45) is 0. The van der Waals surface area contributed by atoms with Crippen molar-refractivity contribution in [3.63, 3.8) is 0 Å². The number of amides is 1. The highest BCUT2D eigenvalue weighted by molar-refractivity contribution is 6.04. The van der Waals surface area contributed by atoms with Crippen LogP contribution in [0.4, 0.5) is 17.2 Å². The largest absolute Gasteiger partial charge is 0.497 e. The van der Waals surface area contributed by atoms with Crippen molar-refractivity contribution in [2.24, 2.45) is 0 Å². The number of nitrogens with zero attached hydrogens (tertiary/aromatic N) is 3. The number of anilines is 3. The SMILES string of the molecule is COc1ccc(Nc2cc(C(=O)Nc3ccccc3C#N)nc(C)n2)cc1. The number of ether oxygens (including phenoxy) is 1. The average molecular weight is 359 g/mol. The first-order valence-electron chi connectivity index (χ1n) is 8.16. The molecular weight excluding hydrogens is 342 g/mol. The summed E-state index contributed by atoms with van der Waals surface area (Å²) in [4.78, 5) is 21.1. The summed E-state index contributed by atoms with van der Waals surface area (Å²) in [6, 6.07) is 17.7. The van der Waals surface area contributed by atoms with E-state index in [4.69, 9.17) is 10.00 Å². The zero-order valence-electron chi connectivity index (χ0n) is 14.9. The molecule has 134 valence electrons. The molecule has 0 aliphatic rings. The zero-order valence-corrected chi connectivity index (χ0v) is 14.9. The van der Waals surface area contributed by atoms with Crippen LogP contribution in [0.3, 0.4) is 0 Å². The van der Waals surface area contributed by atoms with Gasteiger partial charge in [0.1, 0.15) is 29.2 Å². The van der Waals surface area contributed by atoms with Crippen LogP contribution in [0.2, 0.25) is 0 Å². The van der Waals surface area contributed by atoms with Gasteiger partial charge in [0.25, 0.3) is 5.91 Å². The number of carbonyl (C=O) groups is 1. The summed E-state index contributed by atoms with van der Waals surface area (Å²) >= 11 is 0. The minimum Gasteiger partial charge on any atom is -0.497 e. The first-order chi connectivity index (χ1) is 13.1. The summed E-state index contributed by atoms with van der Waals surface area (Å²) in [5, 5.41) is 15.0. The van der Waals surface area contributed by atoms with Crippen molar-refractivity contribution in [3.05, 3.63) is 71.7 Å². The monoisotopic (exact) mass is 359 g/mol. The Morgan fingerprint density at radius 3 is 2.56 bits per heavy atom. The molecule has 7 nitrogen and oxygen atoms in total. The van der Waals surface area contributed by atoms with Crippen LogP contribution < -0.4 is 15.4 Å². The van der Waals surface area contributed by atoms with Crippen LogP contribution >= 0.6 is 0 Å². The maximum atomic E-state index is 12.6. The Morgan fingerprint density at radius 2 is 1.85 bits per heavy atom. The third kappa shape index (κ3) is 4.38. The van der Waals surface area contributed by atoms with Crippen LogP contribution in [-0.2, 0) is 0 Å². The lowest BCUT2D eigenvalue weighted by Crippen LogP contribution is -2.16. The van der Waals surface area contributed by atoms with Crippen LogP contribution in [0.15, 0.2) is 54.6 Å². The van der Waals surface area contributed by atoms with Gasteiger partial charge in [0, 0.05) is 11.8 Å². The Labute approximate surface area is 156 Å². The molecule has 27 heavy (non-hydrogen) atoms. The summed E-state index contributed by atoms with van der Waals surface area (Å²) in [5.41, 5.74) is 1.82. The molecular formula is C20H17N5O2. The van der Waals surface area contributed by atoms with Gasteiger partial charge in [-0.25, -0.2) is 9.97 Å². The number of nitriles is 1. The number of carbonyl (C=O) groups excluding carboxylic acids is 1. The number of para-hydroxylation sites is 1. The predicted molar refractivity (Wildman–Crippen MR) is 102 cm³/mol. The second kappa shape index (κ2) is 7.97. The summed E-state index contributed by atoms with van der Waals surface area (Å²) in [7, 11) is 1.60. The van der Waals surface area contributed by atoms with Crippen molar-refractivity contribution in [3.8, 4) is 11.8 Å². The highest BCUT2D eigenvalue weighted by atomic mass is 16.5. The van der Waals surface area contributed by atoms with Crippen LogP contribution in [0.5, 0.6) is 5.75 Å². The molecule has 0 radical (unpaired) electrons. The predicted octanol–water partition coefficient (Wildman–Crippen LogP) is 3.66. The Morgan fingerprint density at radius 1 is 1.11 bits per heavy atom. The molecule has 0 spiro atoms. The minimum absolute atomic E-state index is 0.200. The molecule has 0 saturated carbocycles. The van der Waals surface area contributed by atoms with E-state index in [2.05, 4.69) is 20.6 Å². The molecule has 2 N–H and O–H groups in total. The van der Waals surface area contributed by atoms with Crippen molar-refractivity contribution < 1.29 is 9.53 Å². The molecule has 1 heterocycles.